The van der Waals surface area contributed by atoms with Gasteiger partial charge in [-0.05, 0) is 44.5 Å². The number of hydrogen-bond donors (Lipinski definition) is 2. The first-order valence-corrected chi connectivity index (χ1v) is 5.51. The summed E-state index contributed by atoms with van der Waals surface area (Å²) in [7, 11) is 0. The van der Waals surface area contributed by atoms with E-state index >= 15 is 0 Å². The number of carbonyl (C=O) groups is 2. The van der Waals surface area contributed by atoms with Crippen molar-refractivity contribution < 1.29 is 19.1 Å². The summed E-state index contributed by atoms with van der Waals surface area (Å²) < 4.78 is 13.1. The zero-order valence-electron chi connectivity index (χ0n) is 10.6. The van der Waals surface area contributed by atoms with Crippen molar-refractivity contribution in [3.05, 3.63) is 35.1 Å². The van der Waals surface area contributed by atoms with Gasteiger partial charge < -0.3 is 10.4 Å². The van der Waals surface area contributed by atoms with Crippen molar-refractivity contribution in [2.75, 3.05) is 6.54 Å². The van der Waals surface area contributed by atoms with Crippen LogP contribution in [0.15, 0.2) is 18.2 Å². The van der Waals surface area contributed by atoms with Crippen LogP contribution >= 0.6 is 0 Å². The molecule has 2 N–H and O–H groups in total. The van der Waals surface area contributed by atoms with Crippen molar-refractivity contribution in [1.29, 1.82) is 0 Å². The normalized spacial score (nSPS) is 11.1. The molecule has 0 fully saturated rings. The number of carbonyl (C=O) groups excluding carboxylic acids is 1. The third-order valence-corrected chi connectivity index (χ3v) is 2.57. The summed E-state index contributed by atoms with van der Waals surface area (Å²) >= 11 is 0. The van der Waals surface area contributed by atoms with Crippen molar-refractivity contribution in [2.45, 2.75) is 20.8 Å². The summed E-state index contributed by atoms with van der Waals surface area (Å²) in [5.41, 5.74) is -0.232. The molecule has 0 spiro atoms. The van der Waals surface area contributed by atoms with Gasteiger partial charge in [0.2, 0.25) is 0 Å². The number of halogens is 1. The number of aryl methyl sites for hydroxylation is 1. The molecule has 0 bridgehead atoms. The first kappa shape index (κ1) is 14.2. The maximum absolute atomic E-state index is 13.1. The molecule has 1 rings (SSSR count). The number of nitrogens with one attached hydrogen (secondary N) is 1. The number of rotatable bonds is 4. The average Bonchev–Trinajstić information content (AvgIpc) is 2.24. The van der Waals surface area contributed by atoms with E-state index in [0.29, 0.717) is 5.56 Å². The summed E-state index contributed by atoms with van der Waals surface area (Å²) in [6.07, 6.45) is 0. The van der Waals surface area contributed by atoms with Gasteiger partial charge in [0.1, 0.15) is 5.82 Å². The van der Waals surface area contributed by atoms with Crippen molar-refractivity contribution in [3.63, 3.8) is 0 Å². The molecule has 18 heavy (non-hydrogen) atoms. The quantitative estimate of drug-likeness (QED) is 0.862. The minimum absolute atomic E-state index is 0.0171. The van der Waals surface area contributed by atoms with Crippen molar-refractivity contribution in [2.24, 2.45) is 5.41 Å². The van der Waals surface area contributed by atoms with Crippen LogP contribution in [0.5, 0.6) is 0 Å². The number of carboxylic acid groups (broad SMARTS) is 1. The monoisotopic (exact) mass is 253 g/mol. The van der Waals surface area contributed by atoms with Crippen LogP contribution in [0, 0.1) is 18.2 Å². The molecule has 0 aliphatic carbocycles. The maximum Gasteiger partial charge on any atom is 0.310 e. The summed E-state index contributed by atoms with van der Waals surface area (Å²) in [5.74, 6) is -1.97. The van der Waals surface area contributed by atoms with Crippen molar-refractivity contribution >= 4 is 11.9 Å². The molecule has 5 heteroatoms. The second-order valence-electron chi connectivity index (χ2n) is 4.89. The van der Waals surface area contributed by atoms with E-state index in [1.807, 2.05) is 0 Å². The topological polar surface area (TPSA) is 66.4 Å². The van der Waals surface area contributed by atoms with Crippen molar-refractivity contribution in [3.8, 4) is 0 Å². The second kappa shape index (κ2) is 5.16. The van der Waals surface area contributed by atoms with Crippen LogP contribution in [0.25, 0.3) is 0 Å². The Bertz CT molecular complexity index is 463. The van der Waals surface area contributed by atoms with E-state index in [1.54, 1.807) is 13.0 Å². The lowest BCUT2D eigenvalue weighted by molar-refractivity contribution is -0.146. The molecule has 0 radical (unpaired) electrons. The van der Waals surface area contributed by atoms with E-state index in [1.165, 1.54) is 19.9 Å². The van der Waals surface area contributed by atoms with Crippen LogP contribution < -0.4 is 5.32 Å². The molecule has 0 aliphatic rings. The molecular formula is C13H16FNO3. The van der Waals surface area contributed by atoms with Gasteiger partial charge in [0.05, 0.1) is 5.41 Å². The zero-order chi connectivity index (χ0) is 13.9. The van der Waals surface area contributed by atoms with E-state index in [9.17, 15) is 14.0 Å². The summed E-state index contributed by atoms with van der Waals surface area (Å²) in [5, 5.41) is 11.4. The first-order chi connectivity index (χ1) is 8.22. The predicted octanol–water partition coefficient (Wildman–Crippen LogP) is 1.97. The van der Waals surface area contributed by atoms with Gasteiger partial charge in [0, 0.05) is 12.1 Å². The van der Waals surface area contributed by atoms with Gasteiger partial charge in [-0.1, -0.05) is 0 Å². The van der Waals surface area contributed by atoms with Crippen LogP contribution in [0.4, 0.5) is 4.39 Å². The number of carboxylic acids is 1. The molecule has 4 nitrogen and oxygen atoms in total. The highest BCUT2D eigenvalue weighted by Crippen LogP contribution is 2.14. The van der Waals surface area contributed by atoms with Crippen LogP contribution in [-0.2, 0) is 4.79 Å². The minimum Gasteiger partial charge on any atom is -0.481 e. The fourth-order valence-electron chi connectivity index (χ4n) is 1.35. The highest BCUT2D eigenvalue weighted by atomic mass is 19.1. The molecular weight excluding hydrogens is 237 g/mol. The van der Waals surface area contributed by atoms with Gasteiger partial charge in [0.15, 0.2) is 0 Å². The average molecular weight is 253 g/mol. The largest absolute Gasteiger partial charge is 0.481 e. The standard InChI is InChI=1S/C13H16FNO3/c1-8-4-9(6-10(14)5-8)11(16)15-7-13(2,3)12(17)18/h4-6H,7H2,1-3H3,(H,15,16)(H,17,18). The third-order valence-electron chi connectivity index (χ3n) is 2.57. The third kappa shape index (κ3) is 3.55. The Labute approximate surface area is 105 Å². The molecule has 1 aromatic rings. The van der Waals surface area contributed by atoms with Gasteiger partial charge in [0.25, 0.3) is 5.91 Å². The van der Waals surface area contributed by atoms with Crippen molar-refractivity contribution in [1.82, 2.24) is 5.32 Å². The molecule has 0 atom stereocenters. The molecule has 0 saturated carbocycles. The number of benzene rings is 1. The molecule has 98 valence electrons. The SMILES string of the molecule is Cc1cc(F)cc(C(=O)NCC(C)(C)C(=O)O)c1. The van der Waals surface area contributed by atoms with Crippen LogP contribution in [0.2, 0.25) is 0 Å². The molecule has 1 amide bonds. The van der Waals surface area contributed by atoms with Gasteiger partial charge >= 0.3 is 5.97 Å². The maximum atomic E-state index is 13.1. The first-order valence-electron chi connectivity index (χ1n) is 5.51. The Hall–Kier alpha value is -1.91. The fraction of sp³-hybridized carbons (Fsp3) is 0.385. The minimum atomic E-state index is -1.06. The van der Waals surface area contributed by atoms with E-state index in [2.05, 4.69) is 5.32 Å². The number of amides is 1. The molecule has 0 aromatic heterocycles. The number of hydrogen-bond acceptors (Lipinski definition) is 2. The Morgan fingerprint density at radius 3 is 2.44 bits per heavy atom. The number of aliphatic carboxylic acids is 1. The van der Waals surface area contributed by atoms with Gasteiger partial charge in [-0.15, -0.1) is 0 Å². The Balaban J connectivity index is 2.75. The molecule has 0 heterocycles. The Kier molecular flexibility index (Phi) is 4.06. The zero-order valence-corrected chi connectivity index (χ0v) is 10.6. The summed E-state index contributed by atoms with van der Waals surface area (Å²) in [6.45, 7) is 4.68. The molecule has 0 unspecified atom stereocenters. The van der Waals surface area contributed by atoms with E-state index in [0.717, 1.165) is 6.07 Å². The smallest absolute Gasteiger partial charge is 0.310 e. The van der Waals surface area contributed by atoms with Crippen LogP contribution in [0.1, 0.15) is 29.8 Å². The molecule has 0 saturated heterocycles. The lowest BCUT2D eigenvalue weighted by Gasteiger charge is -2.19. The highest BCUT2D eigenvalue weighted by molar-refractivity contribution is 5.94. The van der Waals surface area contributed by atoms with Crippen LogP contribution in [-0.4, -0.2) is 23.5 Å². The summed E-state index contributed by atoms with van der Waals surface area (Å²) in [4.78, 5) is 22.6. The van der Waals surface area contributed by atoms with Crippen LogP contribution in [0.3, 0.4) is 0 Å². The fourth-order valence-corrected chi connectivity index (χ4v) is 1.35. The molecule has 0 aliphatic heterocycles. The van der Waals surface area contributed by atoms with Gasteiger partial charge in [-0.3, -0.25) is 9.59 Å². The summed E-state index contributed by atoms with van der Waals surface area (Å²) in [6, 6.07) is 3.99. The van der Waals surface area contributed by atoms with Gasteiger partial charge in [-0.25, -0.2) is 4.39 Å². The lowest BCUT2D eigenvalue weighted by Crippen LogP contribution is -2.38. The predicted molar refractivity (Wildman–Crippen MR) is 64.9 cm³/mol. The lowest BCUT2D eigenvalue weighted by atomic mass is 9.94. The molecule has 1 aromatic carbocycles. The van der Waals surface area contributed by atoms with E-state index < -0.39 is 23.1 Å². The van der Waals surface area contributed by atoms with E-state index in [-0.39, 0.29) is 12.1 Å². The van der Waals surface area contributed by atoms with E-state index in [4.69, 9.17) is 5.11 Å². The Morgan fingerprint density at radius 2 is 1.94 bits per heavy atom. The highest BCUT2D eigenvalue weighted by Gasteiger charge is 2.27. The second-order valence-corrected chi connectivity index (χ2v) is 4.89. The van der Waals surface area contributed by atoms with Gasteiger partial charge in [-0.2, -0.15) is 0 Å². The Morgan fingerprint density at radius 1 is 1.33 bits per heavy atom.